The van der Waals surface area contributed by atoms with Gasteiger partial charge in [-0.15, -0.1) is 0 Å². The number of nitrogens with one attached hydrogen (secondary N) is 1. The summed E-state index contributed by atoms with van der Waals surface area (Å²) in [5.41, 5.74) is 0.477. The van der Waals surface area contributed by atoms with Crippen LogP contribution >= 0.6 is 11.6 Å². The van der Waals surface area contributed by atoms with Crippen LogP contribution in [-0.2, 0) is 9.59 Å². The van der Waals surface area contributed by atoms with Gasteiger partial charge in [0.2, 0.25) is 6.79 Å². The molecule has 2 aromatic carbocycles. The third-order valence-electron chi connectivity index (χ3n) is 4.21. The van der Waals surface area contributed by atoms with Crippen LogP contribution in [0.4, 0.5) is 10.5 Å². The number of nitrogens with zero attached hydrogens (tertiary/aromatic N) is 1. The van der Waals surface area contributed by atoms with E-state index in [-0.39, 0.29) is 18.1 Å². The Morgan fingerprint density at radius 2 is 1.79 bits per heavy atom. The minimum Gasteiger partial charge on any atom is -0.496 e. The Bertz CT molecular complexity index is 1030. The highest BCUT2D eigenvalue weighted by Gasteiger charge is 2.37. The standard InChI is InChI=1S/C19H13ClN2O6/c1-26-14-8-16-15(27-9-28-16)7-10(14)6-13-17(23)21-19(25)22(18(13)24)12-4-2-11(20)3-5-12/h2-8H,9H2,1H3,(H,21,23,25)/b13-6+. The van der Waals surface area contributed by atoms with Crippen LogP contribution in [0.2, 0.25) is 5.02 Å². The number of carbonyl (C=O) groups is 3. The molecular formula is C19H13ClN2O6. The smallest absolute Gasteiger partial charge is 0.335 e. The second-order valence-corrected chi connectivity index (χ2v) is 6.32. The van der Waals surface area contributed by atoms with Crippen molar-refractivity contribution in [2.75, 3.05) is 18.8 Å². The number of barbiturate groups is 1. The first-order valence-corrected chi connectivity index (χ1v) is 8.50. The molecule has 8 nitrogen and oxygen atoms in total. The molecule has 2 aromatic rings. The van der Waals surface area contributed by atoms with Gasteiger partial charge in [-0.1, -0.05) is 11.6 Å². The molecule has 28 heavy (non-hydrogen) atoms. The second-order valence-electron chi connectivity index (χ2n) is 5.88. The fourth-order valence-electron chi connectivity index (χ4n) is 2.87. The summed E-state index contributed by atoms with van der Waals surface area (Å²) < 4.78 is 15.9. The van der Waals surface area contributed by atoms with Crippen molar-refractivity contribution < 1.29 is 28.6 Å². The normalized spacial score (nSPS) is 17.1. The predicted molar refractivity (Wildman–Crippen MR) is 99.6 cm³/mol. The van der Waals surface area contributed by atoms with E-state index < -0.39 is 17.8 Å². The van der Waals surface area contributed by atoms with Crippen LogP contribution in [0.3, 0.4) is 0 Å². The molecule has 0 radical (unpaired) electrons. The fourth-order valence-corrected chi connectivity index (χ4v) is 2.99. The number of carbonyl (C=O) groups excluding carboxylic acids is 3. The Hall–Kier alpha value is -3.52. The lowest BCUT2D eigenvalue weighted by Gasteiger charge is -2.26. The molecule has 1 N–H and O–H groups in total. The van der Waals surface area contributed by atoms with Crippen molar-refractivity contribution in [3.8, 4) is 17.2 Å². The van der Waals surface area contributed by atoms with Gasteiger partial charge in [-0.2, -0.15) is 0 Å². The van der Waals surface area contributed by atoms with Gasteiger partial charge in [0.25, 0.3) is 11.8 Å². The largest absolute Gasteiger partial charge is 0.496 e. The van der Waals surface area contributed by atoms with Gasteiger partial charge in [-0.05, 0) is 36.4 Å². The fraction of sp³-hybridized carbons (Fsp3) is 0.105. The van der Waals surface area contributed by atoms with Crippen LogP contribution in [0.15, 0.2) is 42.0 Å². The van der Waals surface area contributed by atoms with E-state index in [1.807, 2.05) is 0 Å². The summed E-state index contributed by atoms with van der Waals surface area (Å²) in [7, 11) is 1.45. The molecule has 0 unspecified atom stereocenters. The van der Waals surface area contributed by atoms with E-state index in [0.29, 0.717) is 27.8 Å². The van der Waals surface area contributed by atoms with Crippen molar-refractivity contribution in [2.45, 2.75) is 0 Å². The van der Waals surface area contributed by atoms with E-state index in [1.165, 1.54) is 37.5 Å². The summed E-state index contributed by atoms with van der Waals surface area (Å²) in [4.78, 5) is 38.3. The number of amides is 4. The number of halogens is 1. The summed E-state index contributed by atoms with van der Waals surface area (Å²) in [6.45, 7) is 0.0662. The number of anilines is 1. The van der Waals surface area contributed by atoms with E-state index in [0.717, 1.165) is 4.90 Å². The topological polar surface area (TPSA) is 94.2 Å². The molecule has 4 rings (SSSR count). The van der Waals surface area contributed by atoms with Crippen LogP contribution < -0.4 is 24.4 Å². The van der Waals surface area contributed by atoms with Gasteiger partial charge in [0.1, 0.15) is 11.3 Å². The van der Waals surface area contributed by atoms with E-state index in [9.17, 15) is 14.4 Å². The lowest BCUT2D eigenvalue weighted by Crippen LogP contribution is -2.54. The van der Waals surface area contributed by atoms with Crippen LogP contribution in [0.1, 0.15) is 5.56 Å². The third-order valence-corrected chi connectivity index (χ3v) is 4.46. The zero-order valence-corrected chi connectivity index (χ0v) is 15.3. The molecule has 0 aromatic heterocycles. The van der Waals surface area contributed by atoms with Gasteiger partial charge >= 0.3 is 6.03 Å². The number of hydrogen-bond donors (Lipinski definition) is 1. The van der Waals surface area contributed by atoms with Crippen molar-refractivity contribution in [2.24, 2.45) is 0 Å². The Morgan fingerprint density at radius 3 is 2.46 bits per heavy atom. The number of fused-ring (bicyclic) bond motifs is 1. The number of benzene rings is 2. The minimum absolute atomic E-state index is 0.0662. The van der Waals surface area contributed by atoms with E-state index >= 15 is 0 Å². The Kier molecular flexibility index (Phi) is 4.40. The van der Waals surface area contributed by atoms with Crippen molar-refractivity contribution in [3.05, 3.63) is 52.6 Å². The Morgan fingerprint density at radius 1 is 1.11 bits per heavy atom. The molecule has 0 spiro atoms. The van der Waals surface area contributed by atoms with Crippen molar-refractivity contribution in [1.82, 2.24) is 5.32 Å². The lowest BCUT2D eigenvalue weighted by atomic mass is 10.1. The minimum atomic E-state index is -0.841. The molecule has 2 aliphatic rings. The highest BCUT2D eigenvalue weighted by atomic mass is 35.5. The number of urea groups is 1. The Labute approximate surface area is 164 Å². The zero-order chi connectivity index (χ0) is 19.8. The summed E-state index contributed by atoms with van der Waals surface area (Å²) >= 11 is 5.86. The lowest BCUT2D eigenvalue weighted by molar-refractivity contribution is -0.122. The van der Waals surface area contributed by atoms with Crippen LogP contribution in [0, 0.1) is 0 Å². The van der Waals surface area contributed by atoms with Crippen molar-refractivity contribution in [3.63, 3.8) is 0 Å². The van der Waals surface area contributed by atoms with E-state index in [4.69, 9.17) is 25.8 Å². The van der Waals surface area contributed by atoms with Crippen LogP contribution in [-0.4, -0.2) is 31.7 Å². The van der Waals surface area contributed by atoms with Gasteiger partial charge in [0, 0.05) is 16.7 Å². The van der Waals surface area contributed by atoms with Gasteiger partial charge in [0.15, 0.2) is 11.5 Å². The molecule has 2 heterocycles. The number of methoxy groups -OCH3 is 1. The molecule has 2 aliphatic heterocycles. The zero-order valence-electron chi connectivity index (χ0n) is 14.5. The van der Waals surface area contributed by atoms with Crippen LogP contribution in [0.5, 0.6) is 17.2 Å². The van der Waals surface area contributed by atoms with Crippen LogP contribution in [0.25, 0.3) is 6.08 Å². The van der Waals surface area contributed by atoms with E-state index in [1.54, 1.807) is 12.1 Å². The molecule has 0 saturated carbocycles. The molecule has 4 amide bonds. The third kappa shape index (κ3) is 3.03. The first kappa shape index (κ1) is 17.9. The SMILES string of the molecule is COc1cc2c(cc1/C=C1\C(=O)NC(=O)N(c3ccc(Cl)cc3)C1=O)OCO2. The molecule has 0 aliphatic carbocycles. The highest BCUT2D eigenvalue weighted by molar-refractivity contribution is 6.39. The van der Waals surface area contributed by atoms with Crippen molar-refractivity contribution in [1.29, 1.82) is 0 Å². The average molecular weight is 401 g/mol. The van der Waals surface area contributed by atoms with Gasteiger partial charge in [-0.3, -0.25) is 14.9 Å². The summed E-state index contributed by atoms with van der Waals surface area (Å²) in [6, 6.07) is 8.45. The summed E-state index contributed by atoms with van der Waals surface area (Å²) in [5, 5.41) is 2.61. The number of imide groups is 2. The molecule has 1 fully saturated rings. The molecule has 0 bridgehead atoms. The van der Waals surface area contributed by atoms with Crippen molar-refractivity contribution >= 4 is 41.2 Å². The first-order valence-electron chi connectivity index (χ1n) is 8.12. The van der Waals surface area contributed by atoms with Gasteiger partial charge in [-0.25, -0.2) is 9.69 Å². The maximum Gasteiger partial charge on any atom is 0.335 e. The second kappa shape index (κ2) is 6.90. The first-order chi connectivity index (χ1) is 13.5. The van der Waals surface area contributed by atoms with E-state index in [2.05, 4.69) is 5.32 Å². The highest BCUT2D eigenvalue weighted by Crippen LogP contribution is 2.39. The quantitative estimate of drug-likeness (QED) is 0.629. The summed E-state index contributed by atoms with van der Waals surface area (Å²) in [5.74, 6) is -0.235. The molecule has 0 atom stereocenters. The molecule has 1 saturated heterocycles. The maximum absolute atomic E-state index is 12.9. The average Bonchev–Trinajstić information content (AvgIpc) is 3.13. The predicted octanol–water partition coefficient (Wildman–Crippen LogP) is 2.74. The summed E-state index contributed by atoms with van der Waals surface area (Å²) in [6.07, 6.45) is 1.34. The number of hydrogen-bond acceptors (Lipinski definition) is 6. The maximum atomic E-state index is 12.9. The van der Waals surface area contributed by atoms with Gasteiger partial charge in [0.05, 0.1) is 12.8 Å². The number of ether oxygens (including phenoxy) is 3. The monoisotopic (exact) mass is 400 g/mol. The van der Waals surface area contributed by atoms with Gasteiger partial charge < -0.3 is 14.2 Å². The Balaban J connectivity index is 1.76. The molecule has 142 valence electrons. The number of rotatable bonds is 3. The molecule has 9 heteroatoms. The molecular weight excluding hydrogens is 388 g/mol.